The average Bonchev–Trinajstić information content (AvgIpc) is 2.70. The molecular formula is C11H12ClN3O. The van der Waals surface area contributed by atoms with Gasteiger partial charge in [-0.2, -0.15) is 4.98 Å². The molecule has 0 aliphatic carbocycles. The Morgan fingerprint density at radius 3 is 2.69 bits per heavy atom. The first-order chi connectivity index (χ1) is 7.78. The van der Waals surface area contributed by atoms with Crippen LogP contribution in [-0.2, 0) is 12.8 Å². The van der Waals surface area contributed by atoms with Crippen LogP contribution < -0.4 is 5.73 Å². The van der Waals surface area contributed by atoms with Gasteiger partial charge in [-0.25, -0.2) is 0 Å². The molecule has 84 valence electrons. The van der Waals surface area contributed by atoms with Gasteiger partial charge < -0.3 is 10.3 Å². The third-order valence-corrected chi connectivity index (χ3v) is 2.40. The number of halogens is 1. The van der Waals surface area contributed by atoms with Crippen molar-refractivity contribution in [2.45, 2.75) is 12.8 Å². The minimum Gasteiger partial charge on any atom is -0.339 e. The van der Waals surface area contributed by atoms with Crippen molar-refractivity contribution in [3.8, 4) is 0 Å². The van der Waals surface area contributed by atoms with E-state index in [1.165, 1.54) is 0 Å². The fourth-order valence-electron chi connectivity index (χ4n) is 1.37. The van der Waals surface area contributed by atoms with Crippen LogP contribution in [0.1, 0.15) is 17.3 Å². The second kappa shape index (κ2) is 5.09. The first-order valence-corrected chi connectivity index (χ1v) is 5.41. The molecule has 16 heavy (non-hydrogen) atoms. The van der Waals surface area contributed by atoms with Gasteiger partial charge >= 0.3 is 0 Å². The van der Waals surface area contributed by atoms with Gasteiger partial charge in [0.1, 0.15) is 0 Å². The van der Waals surface area contributed by atoms with Gasteiger partial charge in [0, 0.05) is 11.4 Å². The molecule has 4 nitrogen and oxygen atoms in total. The van der Waals surface area contributed by atoms with Crippen molar-refractivity contribution in [2.75, 3.05) is 6.54 Å². The summed E-state index contributed by atoms with van der Waals surface area (Å²) >= 11 is 5.79. The Balaban J connectivity index is 2.05. The molecule has 1 heterocycles. The van der Waals surface area contributed by atoms with E-state index >= 15 is 0 Å². The highest BCUT2D eigenvalue weighted by Gasteiger charge is 2.06. The monoisotopic (exact) mass is 237 g/mol. The zero-order valence-corrected chi connectivity index (χ0v) is 9.44. The highest BCUT2D eigenvalue weighted by molar-refractivity contribution is 6.30. The third-order valence-electron chi connectivity index (χ3n) is 2.15. The Morgan fingerprint density at radius 2 is 2.00 bits per heavy atom. The van der Waals surface area contributed by atoms with Crippen LogP contribution in [0.2, 0.25) is 5.02 Å². The lowest BCUT2D eigenvalue weighted by atomic mass is 10.1. The molecule has 0 unspecified atom stereocenters. The summed E-state index contributed by atoms with van der Waals surface area (Å²) in [5, 5.41) is 4.55. The van der Waals surface area contributed by atoms with E-state index in [1.807, 2.05) is 24.3 Å². The van der Waals surface area contributed by atoms with Crippen molar-refractivity contribution in [1.82, 2.24) is 10.1 Å². The standard InChI is InChI=1S/C11H12ClN3O/c12-9-3-1-8(2-4-9)7-11-14-10(5-6-13)15-16-11/h1-4H,5-7,13H2. The molecule has 2 aromatic rings. The molecule has 2 N–H and O–H groups in total. The molecule has 1 aromatic carbocycles. The summed E-state index contributed by atoms with van der Waals surface area (Å²) in [5.74, 6) is 1.26. The highest BCUT2D eigenvalue weighted by atomic mass is 35.5. The summed E-state index contributed by atoms with van der Waals surface area (Å²) in [4.78, 5) is 4.23. The Bertz CT molecular complexity index is 453. The molecule has 0 spiro atoms. The van der Waals surface area contributed by atoms with Crippen LogP contribution in [0.15, 0.2) is 28.8 Å². The van der Waals surface area contributed by atoms with E-state index in [0.717, 1.165) is 10.6 Å². The summed E-state index contributed by atoms with van der Waals surface area (Å²) in [6.45, 7) is 0.528. The second-order valence-corrected chi connectivity index (χ2v) is 3.88. The minimum atomic E-state index is 0.528. The van der Waals surface area contributed by atoms with Gasteiger partial charge in [0.05, 0.1) is 6.42 Å². The number of hydrogen-bond donors (Lipinski definition) is 1. The van der Waals surface area contributed by atoms with Gasteiger partial charge in [0.15, 0.2) is 5.82 Å². The van der Waals surface area contributed by atoms with Crippen molar-refractivity contribution in [3.05, 3.63) is 46.6 Å². The predicted octanol–water partition coefficient (Wildman–Crippen LogP) is 1.81. The molecule has 0 radical (unpaired) electrons. The third kappa shape index (κ3) is 2.81. The molecule has 2 rings (SSSR count). The molecule has 5 heteroatoms. The van der Waals surface area contributed by atoms with Crippen LogP contribution in [0.5, 0.6) is 0 Å². The molecule has 0 saturated carbocycles. The van der Waals surface area contributed by atoms with E-state index in [-0.39, 0.29) is 0 Å². The number of aromatic nitrogens is 2. The Morgan fingerprint density at radius 1 is 1.25 bits per heavy atom. The molecule has 0 saturated heterocycles. The van der Waals surface area contributed by atoms with Crippen molar-refractivity contribution in [3.63, 3.8) is 0 Å². The van der Waals surface area contributed by atoms with E-state index in [0.29, 0.717) is 31.1 Å². The van der Waals surface area contributed by atoms with Crippen LogP contribution in [0, 0.1) is 0 Å². The van der Waals surface area contributed by atoms with Crippen molar-refractivity contribution in [2.24, 2.45) is 5.73 Å². The van der Waals surface area contributed by atoms with E-state index in [9.17, 15) is 0 Å². The van der Waals surface area contributed by atoms with Crippen molar-refractivity contribution in [1.29, 1.82) is 0 Å². The molecule has 0 fully saturated rings. The topological polar surface area (TPSA) is 64.9 Å². The van der Waals surface area contributed by atoms with Crippen molar-refractivity contribution >= 4 is 11.6 Å². The second-order valence-electron chi connectivity index (χ2n) is 3.45. The van der Waals surface area contributed by atoms with Gasteiger partial charge in [0.2, 0.25) is 5.89 Å². The summed E-state index contributed by atoms with van der Waals surface area (Å²) in [6.07, 6.45) is 1.26. The summed E-state index contributed by atoms with van der Waals surface area (Å²) in [5.41, 5.74) is 6.49. The lowest BCUT2D eigenvalue weighted by Crippen LogP contribution is -2.04. The molecule has 0 amide bonds. The van der Waals surface area contributed by atoms with Gasteiger partial charge in [-0.3, -0.25) is 0 Å². The summed E-state index contributed by atoms with van der Waals surface area (Å²) in [7, 11) is 0. The van der Waals surface area contributed by atoms with Crippen LogP contribution >= 0.6 is 11.6 Å². The molecule has 0 aliphatic heterocycles. The molecule has 1 aromatic heterocycles. The highest BCUT2D eigenvalue weighted by Crippen LogP contribution is 2.12. The summed E-state index contributed by atoms with van der Waals surface area (Å²) in [6, 6.07) is 7.56. The van der Waals surface area contributed by atoms with Crippen LogP contribution in [0.25, 0.3) is 0 Å². The van der Waals surface area contributed by atoms with Crippen molar-refractivity contribution < 1.29 is 4.52 Å². The predicted molar refractivity (Wildman–Crippen MR) is 61.3 cm³/mol. The number of hydrogen-bond acceptors (Lipinski definition) is 4. The normalized spacial score (nSPS) is 10.6. The Labute approximate surface area is 98.4 Å². The van der Waals surface area contributed by atoms with Crippen LogP contribution in [0.3, 0.4) is 0 Å². The zero-order valence-electron chi connectivity index (χ0n) is 8.69. The van der Waals surface area contributed by atoms with Crippen LogP contribution in [-0.4, -0.2) is 16.7 Å². The number of nitrogens with zero attached hydrogens (tertiary/aromatic N) is 2. The van der Waals surface area contributed by atoms with Gasteiger partial charge in [0.25, 0.3) is 0 Å². The van der Waals surface area contributed by atoms with E-state index in [2.05, 4.69) is 10.1 Å². The summed E-state index contributed by atoms with van der Waals surface area (Å²) < 4.78 is 5.10. The Kier molecular flexibility index (Phi) is 3.54. The zero-order chi connectivity index (χ0) is 11.4. The minimum absolute atomic E-state index is 0.528. The SMILES string of the molecule is NCCc1noc(Cc2ccc(Cl)cc2)n1. The van der Waals surface area contributed by atoms with Gasteiger partial charge in [-0.05, 0) is 24.2 Å². The largest absolute Gasteiger partial charge is 0.339 e. The first kappa shape index (κ1) is 11.1. The molecular weight excluding hydrogens is 226 g/mol. The number of nitrogens with two attached hydrogens (primary N) is 1. The maximum atomic E-state index is 5.79. The fraction of sp³-hybridized carbons (Fsp3) is 0.273. The molecule has 0 aliphatic rings. The quantitative estimate of drug-likeness (QED) is 0.881. The fourth-order valence-corrected chi connectivity index (χ4v) is 1.50. The van der Waals surface area contributed by atoms with E-state index < -0.39 is 0 Å². The Hall–Kier alpha value is -1.39. The number of benzene rings is 1. The van der Waals surface area contributed by atoms with E-state index in [1.54, 1.807) is 0 Å². The first-order valence-electron chi connectivity index (χ1n) is 5.04. The maximum absolute atomic E-state index is 5.79. The number of rotatable bonds is 4. The van der Waals surface area contributed by atoms with Gasteiger partial charge in [-0.15, -0.1) is 0 Å². The van der Waals surface area contributed by atoms with E-state index in [4.69, 9.17) is 21.9 Å². The molecule has 0 bridgehead atoms. The smallest absolute Gasteiger partial charge is 0.231 e. The van der Waals surface area contributed by atoms with Gasteiger partial charge in [-0.1, -0.05) is 28.9 Å². The lowest BCUT2D eigenvalue weighted by Gasteiger charge is -1.95. The van der Waals surface area contributed by atoms with Crippen LogP contribution in [0.4, 0.5) is 0 Å². The molecule has 0 atom stereocenters. The lowest BCUT2D eigenvalue weighted by molar-refractivity contribution is 0.379. The maximum Gasteiger partial charge on any atom is 0.231 e. The average molecular weight is 238 g/mol.